The third kappa shape index (κ3) is 4.98. The van der Waals surface area contributed by atoms with Crippen LogP contribution < -0.4 is 10.6 Å². The second-order valence-electron chi connectivity index (χ2n) is 5.23. The van der Waals surface area contributed by atoms with Crippen LogP contribution in [0, 0.1) is 0 Å². The molecular weight excluding hydrogens is 340 g/mol. The number of carbonyl (C=O) groups excluding carboxylic acids is 1. The van der Waals surface area contributed by atoms with E-state index in [4.69, 9.17) is 11.6 Å². The van der Waals surface area contributed by atoms with Crippen molar-refractivity contribution < 1.29 is 4.79 Å². The lowest BCUT2D eigenvalue weighted by molar-refractivity contribution is -0.120. The van der Waals surface area contributed by atoms with E-state index in [1.165, 1.54) is 25.7 Å². The lowest BCUT2D eigenvalue weighted by Crippen LogP contribution is -2.38. The monoisotopic (exact) mass is 358 g/mol. The molecule has 0 bridgehead atoms. The van der Waals surface area contributed by atoms with Gasteiger partial charge in [-0.1, -0.05) is 53.2 Å². The van der Waals surface area contributed by atoms with Crippen molar-refractivity contribution in [1.29, 1.82) is 0 Å². The first kappa shape index (κ1) is 15.6. The maximum Gasteiger partial charge on any atom is 0.239 e. The van der Waals surface area contributed by atoms with Crippen molar-refractivity contribution in [3.05, 3.63) is 27.7 Å². The fraction of sp³-hybridized carbons (Fsp3) is 0.533. The minimum absolute atomic E-state index is 0.0379. The summed E-state index contributed by atoms with van der Waals surface area (Å²) in [5.41, 5.74) is 0.783. The van der Waals surface area contributed by atoms with Crippen molar-refractivity contribution in [3.8, 4) is 0 Å². The summed E-state index contributed by atoms with van der Waals surface area (Å²) in [6.07, 6.45) is 7.22. The predicted octanol–water partition coefficient (Wildman–Crippen LogP) is 4.35. The van der Waals surface area contributed by atoms with Crippen molar-refractivity contribution in [1.82, 2.24) is 5.32 Å². The Morgan fingerprint density at radius 2 is 1.95 bits per heavy atom. The van der Waals surface area contributed by atoms with E-state index in [1.807, 2.05) is 18.2 Å². The van der Waals surface area contributed by atoms with Gasteiger partial charge in [0.15, 0.2) is 0 Å². The first-order valence-electron chi connectivity index (χ1n) is 7.13. The van der Waals surface area contributed by atoms with E-state index in [9.17, 15) is 4.79 Å². The summed E-state index contributed by atoms with van der Waals surface area (Å²) in [5, 5.41) is 6.80. The standard InChI is InChI=1S/C15H20BrClN2O/c16-11-7-8-14(13(17)9-11)18-10-15(20)19-12-5-3-1-2-4-6-12/h7-9,12,18H,1-6,10H2,(H,19,20). The molecule has 0 spiro atoms. The Bertz CT molecular complexity index is 459. The molecule has 2 N–H and O–H groups in total. The summed E-state index contributed by atoms with van der Waals surface area (Å²) in [4.78, 5) is 11.9. The average molecular weight is 360 g/mol. The summed E-state index contributed by atoms with van der Waals surface area (Å²) in [6, 6.07) is 5.92. The lowest BCUT2D eigenvalue weighted by Gasteiger charge is -2.17. The molecule has 3 nitrogen and oxygen atoms in total. The topological polar surface area (TPSA) is 41.1 Å². The van der Waals surface area contributed by atoms with Gasteiger partial charge in [-0.15, -0.1) is 0 Å². The third-order valence-electron chi connectivity index (χ3n) is 3.59. The number of rotatable bonds is 4. The molecule has 1 aliphatic rings. The quantitative estimate of drug-likeness (QED) is 0.785. The smallest absolute Gasteiger partial charge is 0.239 e. The van der Waals surface area contributed by atoms with Crippen molar-refractivity contribution >= 4 is 39.1 Å². The van der Waals surface area contributed by atoms with Gasteiger partial charge in [0.1, 0.15) is 0 Å². The minimum atomic E-state index is 0.0379. The molecule has 20 heavy (non-hydrogen) atoms. The highest BCUT2D eigenvalue weighted by molar-refractivity contribution is 9.10. The van der Waals surface area contributed by atoms with E-state index in [0.29, 0.717) is 11.1 Å². The molecule has 1 fully saturated rings. The second kappa shape index (κ2) is 7.89. The zero-order valence-corrected chi connectivity index (χ0v) is 13.8. The molecule has 0 atom stereocenters. The van der Waals surface area contributed by atoms with E-state index in [2.05, 4.69) is 26.6 Å². The number of hydrogen-bond acceptors (Lipinski definition) is 2. The number of hydrogen-bond donors (Lipinski definition) is 2. The minimum Gasteiger partial charge on any atom is -0.375 e. The van der Waals surface area contributed by atoms with Crippen LogP contribution in [-0.2, 0) is 4.79 Å². The van der Waals surface area contributed by atoms with Crippen molar-refractivity contribution in [2.45, 2.75) is 44.6 Å². The summed E-state index contributed by atoms with van der Waals surface area (Å²) >= 11 is 9.46. The Morgan fingerprint density at radius 1 is 1.25 bits per heavy atom. The van der Waals surface area contributed by atoms with Crippen LogP contribution in [0.1, 0.15) is 38.5 Å². The van der Waals surface area contributed by atoms with Gasteiger partial charge in [0.25, 0.3) is 0 Å². The molecule has 1 aromatic carbocycles. The molecule has 2 rings (SSSR count). The Hall–Kier alpha value is -0.740. The van der Waals surface area contributed by atoms with Crippen LogP contribution >= 0.6 is 27.5 Å². The van der Waals surface area contributed by atoms with Crippen molar-refractivity contribution in [2.75, 3.05) is 11.9 Å². The highest BCUT2D eigenvalue weighted by Gasteiger charge is 2.14. The van der Waals surface area contributed by atoms with Gasteiger partial charge < -0.3 is 10.6 Å². The number of halogens is 2. The predicted molar refractivity (Wildman–Crippen MR) is 87.3 cm³/mol. The van der Waals surface area contributed by atoms with Gasteiger partial charge in [0, 0.05) is 10.5 Å². The Kier molecular flexibility index (Phi) is 6.17. The van der Waals surface area contributed by atoms with Crippen molar-refractivity contribution in [3.63, 3.8) is 0 Å². The molecule has 1 aromatic rings. The normalized spacial score (nSPS) is 16.5. The van der Waals surface area contributed by atoms with Gasteiger partial charge in [0.2, 0.25) is 5.91 Å². The molecule has 1 amide bonds. The molecule has 0 unspecified atom stereocenters. The van der Waals surface area contributed by atoms with Gasteiger partial charge in [-0.2, -0.15) is 0 Å². The Labute approximate surface area is 133 Å². The molecule has 0 saturated heterocycles. The van der Waals surface area contributed by atoms with Crippen LogP contribution in [0.2, 0.25) is 5.02 Å². The summed E-state index contributed by atoms with van der Waals surface area (Å²) in [5.74, 6) is 0.0379. The molecule has 1 aliphatic carbocycles. The van der Waals surface area contributed by atoms with Gasteiger partial charge in [-0.3, -0.25) is 4.79 Å². The SMILES string of the molecule is O=C(CNc1ccc(Br)cc1Cl)NC1CCCCCC1. The van der Waals surface area contributed by atoms with E-state index < -0.39 is 0 Å². The summed E-state index contributed by atoms with van der Waals surface area (Å²) in [6.45, 7) is 0.262. The van der Waals surface area contributed by atoms with Crippen LogP contribution in [0.4, 0.5) is 5.69 Å². The zero-order valence-electron chi connectivity index (χ0n) is 11.4. The molecule has 0 aliphatic heterocycles. The average Bonchev–Trinajstić information content (AvgIpc) is 2.66. The van der Waals surface area contributed by atoms with Gasteiger partial charge in [-0.05, 0) is 31.0 Å². The Balaban J connectivity index is 1.79. The third-order valence-corrected chi connectivity index (χ3v) is 4.40. The number of anilines is 1. The zero-order chi connectivity index (χ0) is 14.4. The number of amides is 1. The lowest BCUT2D eigenvalue weighted by atomic mass is 10.1. The fourth-order valence-corrected chi connectivity index (χ4v) is 3.25. The fourth-order valence-electron chi connectivity index (χ4n) is 2.51. The van der Waals surface area contributed by atoms with Crippen molar-refractivity contribution in [2.24, 2.45) is 0 Å². The maximum atomic E-state index is 11.9. The largest absolute Gasteiger partial charge is 0.375 e. The van der Waals surface area contributed by atoms with E-state index in [1.54, 1.807) is 0 Å². The highest BCUT2D eigenvalue weighted by atomic mass is 79.9. The second-order valence-corrected chi connectivity index (χ2v) is 6.56. The van der Waals surface area contributed by atoms with Crippen LogP contribution in [0.5, 0.6) is 0 Å². The molecular formula is C15H20BrClN2O. The number of benzene rings is 1. The highest BCUT2D eigenvalue weighted by Crippen LogP contribution is 2.25. The van der Waals surface area contributed by atoms with E-state index >= 15 is 0 Å². The first-order chi connectivity index (χ1) is 9.65. The van der Waals surface area contributed by atoms with Crippen LogP contribution in [0.25, 0.3) is 0 Å². The molecule has 0 heterocycles. The van der Waals surface area contributed by atoms with Crippen LogP contribution in [0.15, 0.2) is 22.7 Å². The summed E-state index contributed by atoms with van der Waals surface area (Å²) in [7, 11) is 0. The van der Waals surface area contributed by atoms with E-state index in [0.717, 1.165) is 23.0 Å². The molecule has 5 heteroatoms. The Morgan fingerprint density at radius 3 is 2.60 bits per heavy atom. The maximum absolute atomic E-state index is 11.9. The molecule has 1 saturated carbocycles. The van der Waals surface area contributed by atoms with Gasteiger partial charge in [0.05, 0.1) is 17.3 Å². The van der Waals surface area contributed by atoms with Crippen LogP contribution in [-0.4, -0.2) is 18.5 Å². The van der Waals surface area contributed by atoms with Gasteiger partial charge in [-0.25, -0.2) is 0 Å². The van der Waals surface area contributed by atoms with E-state index in [-0.39, 0.29) is 12.5 Å². The van der Waals surface area contributed by atoms with Gasteiger partial charge >= 0.3 is 0 Å². The first-order valence-corrected chi connectivity index (χ1v) is 8.30. The number of carbonyl (C=O) groups is 1. The molecule has 0 aromatic heterocycles. The summed E-state index contributed by atoms with van der Waals surface area (Å²) < 4.78 is 0.927. The number of nitrogens with one attached hydrogen (secondary N) is 2. The van der Waals surface area contributed by atoms with Crippen LogP contribution in [0.3, 0.4) is 0 Å². The molecule has 110 valence electrons. The molecule has 0 radical (unpaired) electrons.